The highest BCUT2D eigenvalue weighted by molar-refractivity contribution is 5.84. The monoisotopic (exact) mass is 410 g/mol. The van der Waals surface area contributed by atoms with Crippen LogP contribution in [0.15, 0.2) is 4.99 Å². The minimum atomic E-state index is 0.00741. The van der Waals surface area contributed by atoms with Crippen LogP contribution >= 0.6 is 0 Å². The van der Waals surface area contributed by atoms with E-state index in [9.17, 15) is 4.79 Å². The van der Waals surface area contributed by atoms with Gasteiger partial charge < -0.3 is 29.3 Å². The number of piperidine rings is 1. The van der Waals surface area contributed by atoms with Crippen LogP contribution in [0.25, 0.3) is 0 Å². The topological polar surface area (TPSA) is 75.6 Å². The summed E-state index contributed by atoms with van der Waals surface area (Å²) in [5.41, 5.74) is 0. The van der Waals surface area contributed by atoms with Crippen LogP contribution in [0, 0.1) is 0 Å². The van der Waals surface area contributed by atoms with Crippen LogP contribution in [-0.4, -0.2) is 100 Å². The molecule has 3 aliphatic rings. The SMILES string of the molecule is CN(C)C(=O)CN=C(NCC1CCCCO1)N1CCC(OCC2CCCO2)CC1. The molecule has 0 bridgehead atoms. The summed E-state index contributed by atoms with van der Waals surface area (Å²) in [4.78, 5) is 20.5. The molecule has 1 N–H and O–H groups in total. The van der Waals surface area contributed by atoms with E-state index < -0.39 is 0 Å². The van der Waals surface area contributed by atoms with E-state index in [2.05, 4.69) is 15.2 Å². The third kappa shape index (κ3) is 7.42. The standard InChI is InChI=1S/C21H38N4O4/c1-24(2)20(26)15-23-21(22-14-18-6-3-4-12-27-18)25-10-8-17(9-11-25)29-16-19-7-5-13-28-19/h17-19H,3-16H2,1-2H3,(H,22,23). The Balaban J connectivity index is 1.48. The van der Waals surface area contributed by atoms with Crippen LogP contribution in [-0.2, 0) is 19.0 Å². The molecular weight excluding hydrogens is 372 g/mol. The second kappa shape index (κ2) is 11.7. The molecule has 3 saturated heterocycles. The van der Waals surface area contributed by atoms with E-state index in [-0.39, 0.29) is 30.8 Å². The van der Waals surface area contributed by atoms with Gasteiger partial charge in [0.1, 0.15) is 6.54 Å². The largest absolute Gasteiger partial charge is 0.376 e. The molecule has 0 aromatic rings. The summed E-state index contributed by atoms with van der Waals surface area (Å²) >= 11 is 0. The molecule has 3 heterocycles. The Morgan fingerprint density at radius 1 is 1.07 bits per heavy atom. The van der Waals surface area contributed by atoms with Crippen molar-refractivity contribution in [2.24, 2.45) is 4.99 Å². The Morgan fingerprint density at radius 2 is 1.79 bits per heavy atom. The zero-order chi connectivity index (χ0) is 20.5. The average molecular weight is 411 g/mol. The Bertz CT molecular complexity index is 523. The number of hydrogen-bond acceptors (Lipinski definition) is 5. The molecule has 0 radical (unpaired) electrons. The van der Waals surface area contributed by atoms with Crippen LogP contribution in [0.2, 0.25) is 0 Å². The van der Waals surface area contributed by atoms with E-state index in [1.54, 1.807) is 19.0 Å². The van der Waals surface area contributed by atoms with Crippen LogP contribution < -0.4 is 5.32 Å². The van der Waals surface area contributed by atoms with Crippen molar-refractivity contribution in [1.29, 1.82) is 0 Å². The predicted octanol–water partition coefficient (Wildman–Crippen LogP) is 1.25. The van der Waals surface area contributed by atoms with Crippen LogP contribution in [0.4, 0.5) is 0 Å². The highest BCUT2D eigenvalue weighted by Crippen LogP contribution is 2.18. The van der Waals surface area contributed by atoms with Gasteiger partial charge in [-0.3, -0.25) is 4.79 Å². The molecule has 3 rings (SSSR count). The molecule has 0 aromatic heterocycles. The smallest absolute Gasteiger partial charge is 0.243 e. The fraction of sp³-hybridized carbons (Fsp3) is 0.905. The molecule has 2 atom stereocenters. The molecule has 3 fully saturated rings. The van der Waals surface area contributed by atoms with E-state index >= 15 is 0 Å². The number of nitrogens with zero attached hydrogens (tertiary/aromatic N) is 3. The quantitative estimate of drug-likeness (QED) is 0.503. The number of nitrogens with one attached hydrogen (secondary N) is 1. The van der Waals surface area contributed by atoms with Gasteiger partial charge in [-0.1, -0.05) is 0 Å². The van der Waals surface area contributed by atoms with E-state index in [1.165, 1.54) is 6.42 Å². The van der Waals surface area contributed by atoms with Gasteiger partial charge in [-0.25, -0.2) is 4.99 Å². The number of carbonyl (C=O) groups excluding carboxylic acids is 1. The molecule has 1 amide bonds. The maximum Gasteiger partial charge on any atom is 0.243 e. The fourth-order valence-corrected chi connectivity index (χ4v) is 3.98. The number of likely N-dealkylation sites (tertiary alicyclic amines) is 1. The first-order valence-electron chi connectivity index (χ1n) is 11.2. The second-order valence-electron chi connectivity index (χ2n) is 8.45. The number of carbonyl (C=O) groups is 1. The van der Waals surface area contributed by atoms with Gasteiger partial charge in [-0.15, -0.1) is 0 Å². The van der Waals surface area contributed by atoms with Crippen molar-refractivity contribution >= 4 is 11.9 Å². The van der Waals surface area contributed by atoms with Gasteiger partial charge in [0.15, 0.2) is 5.96 Å². The number of rotatable bonds is 7. The van der Waals surface area contributed by atoms with Gasteiger partial charge in [0.25, 0.3) is 0 Å². The van der Waals surface area contributed by atoms with Crippen molar-refractivity contribution in [3.05, 3.63) is 0 Å². The minimum absolute atomic E-state index is 0.00741. The van der Waals surface area contributed by atoms with Crippen LogP contribution in [0.3, 0.4) is 0 Å². The average Bonchev–Trinajstić information content (AvgIpc) is 3.27. The lowest BCUT2D eigenvalue weighted by atomic mass is 10.1. The van der Waals surface area contributed by atoms with E-state index in [0.717, 1.165) is 77.3 Å². The molecule has 8 nitrogen and oxygen atoms in total. The highest BCUT2D eigenvalue weighted by atomic mass is 16.5. The van der Waals surface area contributed by atoms with E-state index in [0.29, 0.717) is 6.61 Å². The molecule has 2 unspecified atom stereocenters. The lowest BCUT2D eigenvalue weighted by Gasteiger charge is -2.35. The number of hydrogen-bond donors (Lipinski definition) is 1. The lowest BCUT2D eigenvalue weighted by molar-refractivity contribution is -0.127. The highest BCUT2D eigenvalue weighted by Gasteiger charge is 2.25. The molecule has 8 heteroatoms. The normalized spacial score (nSPS) is 26.6. The van der Waals surface area contributed by atoms with Gasteiger partial charge >= 0.3 is 0 Å². The molecule has 3 aliphatic heterocycles. The van der Waals surface area contributed by atoms with Gasteiger partial charge in [0, 0.05) is 46.9 Å². The summed E-state index contributed by atoms with van der Waals surface area (Å²) in [6, 6.07) is 0. The van der Waals surface area contributed by atoms with Crippen LogP contribution in [0.1, 0.15) is 44.9 Å². The van der Waals surface area contributed by atoms with E-state index in [4.69, 9.17) is 14.2 Å². The summed E-state index contributed by atoms with van der Waals surface area (Å²) in [6.07, 6.45) is 8.42. The summed E-state index contributed by atoms with van der Waals surface area (Å²) < 4.78 is 17.6. The Morgan fingerprint density at radius 3 is 2.45 bits per heavy atom. The number of amides is 1. The Hall–Kier alpha value is -1.38. The number of aliphatic imine (C=N–C) groups is 1. The summed E-state index contributed by atoms with van der Waals surface area (Å²) in [6.45, 7) is 5.08. The molecule has 0 aliphatic carbocycles. The number of ether oxygens (including phenoxy) is 3. The van der Waals surface area contributed by atoms with Gasteiger partial charge in [-0.05, 0) is 44.9 Å². The number of guanidine groups is 1. The van der Waals surface area contributed by atoms with Crippen molar-refractivity contribution in [2.45, 2.75) is 63.3 Å². The van der Waals surface area contributed by atoms with E-state index in [1.807, 2.05) is 0 Å². The lowest BCUT2D eigenvalue weighted by Crippen LogP contribution is -2.49. The maximum absolute atomic E-state index is 12.0. The molecule has 29 heavy (non-hydrogen) atoms. The van der Waals surface area contributed by atoms with Gasteiger partial charge in [-0.2, -0.15) is 0 Å². The predicted molar refractivity (Wildman–Crippen MR) is 112 cm³/mol. The van der Waals surface area contributed by atoms with Crippen molar-refractivity contribution < 1.29 is 19.0 Å². The maximum atomic E-state index is 12.0. The fourth-order valence-electron chi connectivity index (χ4n) is 3.98. The zero-order valence-corrected chi connectivity index (χ0v) is 18.1. The molecule has 0 saturated carbocycles. The minimum Gasteiger partial charge on any atom is -0.376 e. The molecule has 0 aromatic carbocycles. The summed E-state index contributed by atoms with van der Waals surface area (Å²) in [7, 11) is 3.52. The third-order valence-corrected chi connectivity index (χ3v) is 5.91. The number of likely N-dealkylation sites (N-methyl/N-ethyl adjacent to an activating group) is 1. The molecule has 166 valence electrons. The van der Waals surface area contributed by atoms with Crippen molar-refractivity contribution in [1.82, 2.24) is 15.1 Å². The van der Waals surface area contributed by atoms with Crippen molar-refractivity contribution in [3.63, 3.8) is 0 Å². The zero-order valence-electron chi connectivity index (χ0n) is 18.1. The third-order valence-electron chi connectivity index (χ3n) is 5.91. The van der Waals surface area contributed by atoms with Crippen molar-refractivity contribution in [3.8, 4) is 0 Å². The first-order chi connectivity index (χ1) is 14.1. The van der Waals surface area contributed by atoms with Gasteiger partial charge in [0.05, 0.1) is 24.9 Å². The summed E-state index contributed by atoms with van der Waals surface area (Å²) in [5, 5.41) is 3.46. The Kier molecular flexibility index (Phi) is 9.01. The molecular formula is C21H38N4O4. The van der Waals surface area contributed by atoms with Crippen LogP contribution in [0.5, 0.6) is 0 Å². The first-order valence-corrected chi connectivity index (χ1v) is 11.2. The second-order valence-corrected chi connectivity index (χ2v) is 8.45. The van der Waals surface area contributed by atoms with Crippen molar-refractivity contribution in [2.75, 3.05) is 60.1 Å². The first kappa shape index (κ1) is 22.3. The summed E-state index contributed by atoms with van der Waals surface area (Å²) in [5.74, 6) is 0.819. The van der Waals surface area contributed by atoms with Gasteiger partial charge in [0.2, 0.25) is 5.91 Å². The molecule has 0 spiro atoms. The Labute approximate surface area is 174 Å².